The average molecular weight is 735 g/mol. The minimum absolute atomic E-state index is 0.144. The Morgan fingerprint density at radius 1 is 0.615 bits per heavy atom. The van der Waals surface area contributed by atoms with E-state index >= 15 is 0 Å². The second-order valence-electron chi connectivity index (χ2n) is 12.3. The standard InChI is InChI=1S/C37H50O15/c1-39-17-25-29(43-5)33(46-8)35(52-37-36(48-10)34(47-9)30(44-6)26(51-37)18-40-2)32(50-25)28-23(42-4)16-24-27(31(28)45-7)21(38)15-22(49-24)19-11-13-20(41-3)14-12-19/h11-16,25-26,29-30,32-37H,17-18H2,1-10H3/t25-,26-,29-,30-,32+,33+,34+,35+,36-,37+/m1/s1. The maximum Gasteiger partial charge on any atom is 0.197 e. The minimum atomic E-state index is -1.04. The lowest BCUT2D eigenvalue weighted by atomic mass is 9.88. The van der Waals surface area contributed by atoms with Crippen LogP contribution in [-0.4, -0.2) is 139 Å². The van der Waals surface area contributed by atoms with Gasteiger partial charge in [-0.3, -0.25) is 4.79 Å². The summed E-state index contributed by atoms with van der Waals surface area (Å²) in [6.45, 7) is 0.329. The Labute approximate surface area is 303 Å². The lowest BCUT2D eigenvalue weighted by molar-refractivity contribution is -0.352. The molecule has 10 atom stereocenters. The molecule has 2 aliphatic heterocycles. The van der Waals surface area contributed by atoms with Crippen molar-refractivity contribution in [2.24, 2.45) is 0 Å². The van der Waals surface area contributed by atoms with Crippen molar-refractivity contribution in [3.8, 4) is 28.6 Å². The van der Waals surface area contributed by atoms with Gasteiger partial charge in [0, 0.05) is 67.5 Å². The van der Waals surface area contributed by atoms with E-state index in [0.29, 0.717) is 28.4 Å². The number of fused-ring (bicyclic) bond motifs is 1. The summed E-state index contributed by atoms with van der Waals surface area (Å²) in [5, 5.41) is 0.176. The Balaban J connectivity index is 1.68. The van der Waals surface area contributed by atoms with Crippen molar-refractivity contribution < 1.29 is 66.0 Å². The fourth-order valence-corrected chi connectivity index (χ4v) is 7.22. The van der Waals surface area contributed by atoms with Gasteiger partial charge in [-0.05, 0) is 24.3 Å². The molecule has 0 spiro atoms. The molecular weight excluding hydrogens is 684 g/mol. The Kier molecular flexibility index (Phi) is 13.9. The molecule has 15 nitrogen and oxygen atoms in total. The number of hydrogen-bond acceptors (Lipinski definition) is 15. The zero-order valence-corrected chi connectivity index (χ0v) is 31.3. The normalized spacial score (nSPS) is 29.3. The molecule has 0 unspecified atom stereocenters. The fraction of sp³-hybridized carbons (Fsp3) is 0.595. The van der Waals surface area contributed by atoms with Crippen LogP contribution in [0.5, 0.6) is 17.2 Å². The topological polar surface area (TPSA) is 150 Å². The van der Waals surface area contributed by atoms with Crippen LogP contribution in [0.3, 0.4) is 0 Å². The van der Waals surface area contributed by atoms with Crippen LogP contribution in [0.15, 0.2) is 45.6 Å². The van der Waals surface area contributed by atoms with Crippen LogP contribution in [0.1, 0.15) is 11.7 Å². The molecule has 0 bridgehead atoms. The van der Waals surface area contributed by atoms with Crippen LogP contribution < -0.4 is 19.6 Å². The third-order valence-corrected chi connectivity index (χ3v) is 9.60. The quantitative estimate of drug-likeness (QED) is 0.211. The highest BCUT2D eigenvalue weighted by Crippen LogP contribution is 2.48. The predicted molar refractivity (Wildman–Crippen MR) is 186 cm³/mol. The molecule has 3 heterocycles. The van der Waals surface area contributed by atoms with Crippen molar-refractivity contribution >= 4 is 11.0 Å². The molecule has 2 saturated heterocycles. The first-order chi connectivity index (χ1) is 25.3. The number of methoxy groups -OCH3 is 10. The molecule has 0 aliphatic carbocycles. The third kappa shape index (κ3) is 7.66. The highest BCUT2D eigenvalue weighted by atomic mass is 16.7. The monoisotopic (exact) mass is 734 g/mol. The van der Waals surface area contributed by atoms with Crippen LogP contribution in [-0.2, 0) is 47.4 Å². The van der Waals surface area contributed by atoms with Gasteiger partial charge in [-0.15, -0.1) is 0 Å². The molecule has 0 radical (unpaired) electrons. The lowest BCUT2D eigenvalue weighted by Crippen LogP contribution is -2.64. The number of rotatable bonds is 16. The second-order valence-corrected chi connectivity index (χ2v) is 12.3. The van der Waals surface area contributed by atoms with E-state index in [1.54, 1.807) is 80.1 Å². The van der Waals surface area contributed by atoms with E-state index in [1.165, 1.54) is 27.4 Å². The van der Waals surface area contributed by atoms with Crippen LogP contribution >= 0.6 is 0 Å². The van der Waals surface area contributed by atoms with Crippen LogP contribution in [0.4, 0.5) is 0 Å². The molecule has 2 aromatic carbocycles. The highest BCUT2D eigenvalue weighted by Gasteiger charge is 2.54. The second kappa shape index (κ2) is 18.1. The molecule has 0 saturated carbocycles. The number of benzene rings is 2. The maximum absolute atomic E-state index is 14.0. The molecule has 5 rings (SSSR count). The Bertz CT molecular complexity index is 1640. The first-order valence-corrected chi connectivity index (χ1v) is 16.7. The fourth-order valence-electron chi connectivity index (χ4n) is 7.22. The Morgan fingerprint density at radius 2 is 1.19 bits per heavy atom. The molecule has 1 aromatic heterocycles. The van der Waals surface area contributed by atoms with Gasteiger partial charge in [-0.1, -0.05) is 0 Å². The van der Waals surface area contributed by atoms with Crippen molar-refractivity contribution in [2.75, 3.05) is 84.3 Å². The zero-order chi connectivity index (χ0) is 37.5. The Hall–Kier alpha value is -3.35. The first kappa shape index (κ1) is 39.8. The van der Waals surface area contributed by atoms with E-state index in [2.05, 4.69) is 0 Å². The number of hydrogen-bond donors (Lipinski definition) is 0. The predicted octanol–water partition coefficient (Wildman–Crippen LogP) is 3.40. The summed E-state index contributed by atoms with van der Waals surface area (Å²) in [7, 11) is 15.4. The molecular formula is C37H50O15. The van der Waals surface area contributed by atoms with Crippen molar-refractivity contribution in [1.82, 2.24) is 0 Å². The van der Waals surface area contributed by atoms with Crippen molar-refractivity contribution in [3.63, 3.8) is 0 Å². The van der Waals surface area contributed by atoms with Crippen LogP contribution in [0, 0.1) is 0 Å². The van der Waals surface area contributed by atoms with Crippen LogP contribution in [0.25, 0.3) is 22.3 Å². The van der Waals surface area contributed by atoms with Crippen molar-refractivity contribution in [2.45, 2.75) is 61.2 Å². The van der Waals surface area contributed by atoms with Gasteiger partial charge in [-0.25, -0.2) is 0 Å². The van der Waals surface area contributed by atoms with Gasteiger partial charge in [0.15, 0.2) is 11.7 Å². The lowest BCUT2D eigenvalue weighted by Gasteiger charge is -2.49. The molecule has 288 valence electrons. The third-order valence-electron chi connectivity index (χ3n) is 9.60. The maximum atomic E-state index is 14.0. The zero-order valence-electron chi connectivity index (χ0n) is 31.3. The molecule has 15 heteroatoms. The van der Waals surface area contributed by atoms with Crippen LogP contribution in [0.2, 0.25) is 0 Å². The van der Waals surface area contributed by atoms with Gasteiger partial charge in [0.05, 0.1) is 40.1 Å². The van der Waals surface area contributed by atoms with Gasteiger partial charge >= 0.3 is 0 Å². The summed E-state index contributed by atoms with van der Waals surface area (Å²) >= 11 is 0. The van der Waals surface area contributed by atoms with Gasteiger partial charge in [0.2, 0.25) is 0 Å². The van der Waals surface area contributed by atoms with E-state index in [0.717, 1.165) is 0 Å². The number of ether oxygens (including phenoxy) is 13. The average Bonchev–Trinajstić information content (AvgIpc) is 3.17. The van der Waals surface area contributed by atoms with Gasteiger partial charge < -0.3 is 66.0 Å². The molecule has 52 heavy (non-hydrogen) atoms. The molecule has 0 amide bonds. The summed E-state index contributed by atoms with van der Waals surface area (Å²) in [6.07, 6.45) is -7.60. The van der Waals surface area contributed by atoms with E-state index in [4.69, 9.17) is 66.0 Å². The SMILES string of the molecule is COC[C@H]1O[C@@H](c2c(OC)cc3oc(-c4ccc(OC)cc4)cc(=O)c3c2OC)[C@H](O[C@@H]2O[C@H](COC)[C@@H](OC)[C@H](OC)[C@H]2OC)[C@@H](OC)[C@@H]1OC. The van der Waals surface area contributed by atoms with E-state index in [-0.39, 0.29) is 35.4 Å². The summed E-state index contributed by atoms with van der Waals surface area (Å²) in [5.74, 6) is 1.49. The minimum Gasteiger partial charge on any atom is -0.497 e. The van der Waals surface area contributed by atoms with Gasteiger partial charge in [0.25, 0.3) is 0 Å². The van der Waals surface area contributed by atoms with Crippen molar-refractivity contribution in [1.29, 1.82) is 0 Å². The summed E-state index contributed by atoms with van der Waals surface area (Å²) in [4.78, 5) is 14.0. The van der Waals surface area contributed by atoms with E-state index < -0.39 is 61.2 Å². The summed E-state index contributed by atoms with van der Waals surface area (Å²) < 4.78 is 84.4. The van der Waals surface area contributed by atoms with E-state index in [1.807, 2.05) is 0 Å². The smallest absolute Gasteiger partial charge is 0.197 e. The highest BCUT2D eigenvalue weighted by molar-refractivity contribution is 5.88. The van der Waals surface area contributed by atoms with E-state index in [9.17, 15) is 4.79 Å². The Morgan fingerprint density at radius 3 is 1.71 bits per heavy atom. The first-order valence-electron chi connectivity index (χ1n) is 16.7. The van der Waals surface area contributed by atoms with Crippen molar-refractivity contribution in [3.05, 3.63) is 52.2 Å². The largest absolute Gasteiger partial charge is 0.497 e. The summed E-state index contributed by atoms with van der Waals surface area (Å²) in [5.41, 5.74) is 0.944. The van der Waals surface area contributed by atoms with Gasteiger partial charge in [-0.2, -0.15) is 0 Å². The van der Waals surface area contributed by atoms with Gasteiger partial charge in [0.1, 0.15) is 88.9 Å². The molecule has 2 aliphatic rings. The summed E-state index contributed by atoms with van der Waals surface area (Å²) in [6, 6.07) is 10.2. The molecule has 2 fully saturated rings. The molecule has 3 aromatic rings. The molecule has 0 N–H and O–H groups in total.